The van der Waals surface area contributed by atoms with Gasteiger partial charge in [-0.3, -0.25) is 9.59 Å². The highest BCUT2D eigenvalue weighted by Gasteiger charge is 2.11. The van der Waals surface area contributed by atoms with Gasteiger partial charge in [0.15, 0.2) is 6.61 Å². The van der Waals surface area contributed by atoms with Gasteiger partial charge in [0.1, 0.15) is 5.75 Å². The van der Waals surface area contributed by atoms with Crippen molar-refractivity contribution < 1.29 is 14.3 Å². The van der Waals surface area contributed by atoms with Crippen LogP contribution >= 0.6 is 0 Å². The van der Waals surface area contributed by atoms with Crippen LogP contribution in [-0.4, -0.2) is 36.0 Å². The van der Waals surface area contributed by atoms with Gasteiger partial charge >= 0.3 is 0 Å². The lowest BCUT2D eigenvalue weighted by Crippen LogP contribution is -2.31. The molecule has 0 spiro atoms. The average Bonchev–Trinajstić information content (AvgIpc) is 2.72. The lowest BCUT2D eigenvalue weighted by atomic mass is 10.1. The van der Waals surface area contributed by atoms with Gasteiger partial charge in [-0.15, -0.1) is 0 Å². The van der Waals surface area contributed by atoms with E-state index < -0.39 is 0 Å². The minimum atomic E-state index is -0.264. The fraction of sp³-hybridized carbons (Fsp3) is 0.250. The number of fused-ring (bicyclic) bond motifs is 1. The van der Waals surface area contributed by atoms with Crippen molar-refractivity contribution >= 4 is 16.7 Å². The van der Waals surface area contributed by atoms with Gasteiger partial charge in [0.05, 0.1) is 30.8 Å². The summed E-state index contributed by atoms with van der Waals surface area (Å²) in [4.78, 5) is 24.6. The SMILES string of the molecule is COCCn1nc(CNC(=O)COc2ccccc2)c2ccccc2c1=O. The second-order valence-corrected chi connectivity index (χ2v) is 5.89. The number of hydrogen-bond donors (Lipinski definition) is 1. The molecule has 1 N–H and O–H groups in total. The lowest BCUT2D eigenvalue weighted by Gasteiger charge is -2.12. The zero-order valence-corrected chi connectivity index (χ0v) is 15.1. The molecule has 0 radical (unpaired) electrons. The van der Waals surface area contributed by atoms with Crippen LogP contribution in [0.15, 0.2) is 59.4 Å². The van der Waals surface area contributed by atoms with Gasteiger partial charge in [0.25, 0.3) is 11.5 Å². The predicted molar refractivity (Wildman–Crippen MR) is 102 cm³/mol. The Bertz CT molecular complexity index is 970. The molecule has 0 bridgehead atoms. The molecule has 0 aliphatic rings. The smallest absolute Gasteiger partial charge is 0.274 e. The minimum absolute atomic E-state index is 0.0920. The van der Waals surface area contributed by atoms with E-state index in [2.05, 4.69) is 10.4 Å². The molecule has 0 saturated carbocycles. The molecule has 2 aromatic carbocycles. The normalized spacial score (nSPS) is 10.7. The molecule has 0 aliphatic heterocycles. The first-order chi connectivity index (χ1) is 13.2. The Morgan fingerprint density at radius 3 is 2.52 bits per heavy atom. The molecular formula is C20H21N3O4. The van der Waals surface area contributed by atoms with E-state index in [1.54, 1.807) is 31.4 Å². The highest BCUT2D eigenvalue weighted by Crippen LogP contribution is 2.13. The Morgan fingerprint density at radius 2 is 1.78 bits per heavy atom. The van der Waals surface area contributed by atoms with Crippen molar-refractivity contribution in [3.05, 3.63) is 70.6 Å². The number of amides is 1. The fourth-order valence-electron chi connectivity index (χ4n) is 2.66. The molecule has 0 fully saturated rings. The van der Waals surface area contributed by atoms with E-state index in [4.69, 9.17) is 9.47 Å². The monoisotopic (exact) mass is 367 g/mol. The van der Waals surface area contributed by atoms with Crippen molar-refractivity contribution in [3.8, 4) is 5.75 Å². The van der Waals surface area contributed by atoms with Crippen molar-refractivity contribution in [2.45, 2.75) is 13.1 Å². The summed E-state index contributed by atoms with van der Waals surface area (Å²) in [7, 11) is 1.57. The first kappa shape index (κ1) is 18.6. The van der Waals surface area contributed by atoms with E-state index in [1.165, 1.54) is 4.68 Å². The van der Waals surface area contributed by atoms with Crippen LogP contribution in [-0.2, 0) is 22.6 Å². The summed E-state index contributed by atoms with van der Waals surface area (Å²) in [6.07, 6.45) is 0. The highest BCUT2D eigenvalue weighted by atomic mass is 16.5. The lowest BCUT2D eigenvalue weighted by molar-refractivity contribution is -0.123. The van der Waals surface area contributed by atoms with Crippen LogP contribution in [0.25, 0.3) is 10.8 Å². The van der Waals surface area contributed by atoms with Gasteiger partial charge < -0.3 is 14.8 Å². The molecule has 0 atom stereocenters. The molecule has 7 nitrogen and oxygen atoms in total. The average molecular weight is 367 g/mol. The number of methoxy groups -OCH3 is 1. The Morgan fingerprint density at radius 1 is 1.07 bits per heavy atom. The predicted octanol–water partition coefficient (Wildman–Crippen LogP) is 1.74. The summed E-state index contributed by atoms with van der Waals surface area (Å²) in [5.74, 6) is 0.365. The van der Waals surface area contributed by atoms with Crippen molar-refractivity contribution in [3.63, 3.8) is 0 Å². The van der Waals surface area contributed by atoms with Crippen LogP contribution in [0.5, 0.6) is 5.75 Å². The largest absolute Gasteiger partial charge is 0.484 e. The van der Waals surface area contributed by atoms with Crippen LogP contribution in [0.1, 0.15) is 5.69 Å². The zero-order valence-electron chi connectivity index (χ0n) is 15.1. The molecule has 27 heavy (non-hydrogen) atoms. The van der Waals surface area contributed by atoms with Crippen LogP contribution in [0.4, 0.5) is 0 Å². The topological polar surface area (TPSA) is 82.4 Å². The third-order valence-corrected chi connectivity index (χ3v) is 4.02. The number of nitrogens with zero attached hydrogens (tertiary/aromatic N) is 2. The number of carbonyl (C=O) groups excluding carboxylic acids is 1. The third kappa shape index (κ3) is 4.71. The maximum absolute atomic E-state index is 12.5. The van der Waals surface area contributed by atoms with E-state index in [-0.39, 0.29) is 24.6 Å². The summed E-state index contributed by atoms with van der Waals surface area (Å²) in [6.45, 7) is 0.830. The van der Waals surface area contributed by atoms with Gasteiger partial charge in [-0.1, -0.05) is 36.4 Å². The number of rotatable bonds is 8. The maximum atomic E-state index is 12.5. The number of nitrogens with one attached hydrogen (secondary N) is 1. The van der Waals surface area contributed by atoms with Gasteiger partial charge in [-0.25, -0.2) is 4.68 Å². The Hall–Kier alpha value is -3.19. The standard InChI is InChI=1S/C20H21N3O4/c1-26-12-11-23-20(25)17-10-6-5-9-16(17)18(22-23)13-21-19(24)14-27-15-7-3-2-4-8-15/h2-10H,11-14H2,1H3,(H,21,24). The summed E-state index contributed by atoms with van der Waals surface area (Å²) in [5, 5.41) is 8.47. The number of hydrogen-bond acceptors (Lipinski definition) is 5. The number of benzene rings is 2. The third-order valence-electron chi connectivity index (χ3n) is 4.02. The van der Waals surface area contributed by atoms with E-state index >= 15 is 0 Å². The summed E-state index contributed by atoms with van der Waals surface area (Å²) >= 11 is 0. The molecule has 0 saturated heterocycles. The van der Waals surface area contributed by atoms with E-state index in [1.807, 2.05) is 30.3 Å². The van der Waals surface area contributed by atoms with Gasteiger partial charge in [0, 0.05) is 12.5 Å². The van der Waals surface area contributed by atoms with E-state index in [9.17, 15) is 9.59 Å². The fourth-order valence-corrected chi connectivity index (χ4v) is 2.66. The van der Waals surface area contributed by atoms with Crippen molar-refractivity contribution in [1.29, 1.82) is 0 Å². The highest BCUT2D eigenvalue weighted by molar-refractivity contribution is 5.84. The van der Waals surface area contributed by atoms with E-state index in [0.717, 1.165) is 5.39 Å². The first-order valence-corrected chi connectivity index (χ1v) is 8.61. The first-order valence-electron chi connectivity index (χ1n) is 8.61. The second kappa shape index (κ2) is 8.95. The quantitative estimate of drug-likeness (QED) is 0.656. The minimum Gasteiger partial charge on any atom is -0.484 e. The second-order valence-electron chi connectivity index (χ2n) is 5.89. The Kier molecular flexibility index (Phi) is 6.17. The molecule has 140 valence electrons. The summed E-state index contributed by atoms with van der Waals surface area (Å²) in [5.41, 5.74) is 0.444. The number of aromatic nitrogens is 2. The van der Waals surface area contributed by atoms with E-state index in [0.29, 0.717) is 30.0 Å². The molecule has 7 heteroatoms. The van der Waals surface area contributed by atoms with Crippen molar-refractivity contribution in [1.82, 2.24) is 15.1 Å². The summed E-state index contributed by atoms with van der Waals surface area (Å²) in [6, 6.07) is 16.4. The molecule has 0 unspecified atom stereocenters. The zero-order chi connectivity index (χ0) is 19.1. The molecular weight excluding hydrogens is 346 g/mol. The van der Waals surface area contributed by atoms with Gasteiger partial charge in [-0.2, -0.15) is 5.10 Å². The summed E-state index contributed by atoms with van der Waals surface area (Å²) < 4.78 is 11.8. The van der Waals surface area contributed by atoms with Crippen LogP contribution in [0.3, 0.4) is 0 Å². The van der Waals surface area contributed by atoms with Crippen LogP contribution in [0.2, 0.25) is 0 Å². The molecule has 1 aromatic heterocycles. The molecule has 0 aliphatic carbocycles. The van der Waals surface area contributed by atoms with Gasteiger partial charge in [0.2, 0.25) is 0 Å². The molecule has 3 rings (SSSR count). The molecule has 3 aromatic rings. The molecule has 1 amide bonds. The number of para-hydroxylation sites is 1. The van der Waals surface area contributed by atoms with Crippen LogP contribution in [0, 0.1) is 0 Å². The Balaban J connectivity index is 1.72. The Labute approximate surface area is 156 Å². The van der Waals surface area contributed by atoms with Crippen LogP contribution < -0.4 is 15.6 Å². The molecule has 1 heterocycles. The van der Waals surface area contributed by atoms with Crippen molar-refractivity contribution in [2.75, 3.05) is 20.3 Å². The van der Waals surface area contributed by atoms with Gasteiger partial charge in [-0.05, 0) is 18.2 Å². The maximum Gasteiger partial charge on any atom is 0.274 e. The number of ether oxygens (including phenoxy) is 2. The van der Waals surface area contributed by atoms with Crippen molar-refractivity contribution in [2.24, 2.45) is 0 Å². The number of carbonyl (C=O) groups is 1.